The fourth-order valence-corrected chi connectivity index (χ4v) is 1.67. The summed E-state index contributed by atoms with van der Waals surface area (Å²) in [5, 5.41) is 8.75. The molecule has 2 aromatic carbocycles. The largest absolute Gasteiger partial charge is 0.497 e. The maximum atomic E-state index is 13.8. The first kappa shape index (κ1) is 12.1. The molecule has 18 heavy (non-hydrogen) atoms. The Morgan fingerprint density at radius 1 is 1.11 bits per heavy atom. The van der Waals surface area contributed by atoms with Gasteiger partial charge in [-0.15, -0.1) is 0 Å². The van der Waals surface area contributed by atoms with Crippen LogP contribution in [0.25, 0.3) is 11.1 Å². The molecule has 0 saturated carbocycles. The Bertz CT molecular complexity index is 632. The third-order valence-electron chi connectivity index (χ3n) is 2.51. The number of halogens is 2. The number of nitrogens with zero attached hydrogens (tertiary/aromatic N) is 1. The van der Waals surface area contributed by atoms with E-state index in [1.54, 1.807) is 6.07 Å². The summed E-state index contributed by atoms with van der Waals surface area (Å²) in [6, 6.07) is 9.84. The molecule has 0 unspecified atom stereocenters. The lowest BCUT2D eigenvalue weighted by molar-refractivity contribution is 0.411. The Labute approximate surface area is 103 Å². The maximum Gasteiger partial charge on any atom is 0.134 e. The molecule has 0 radical (unpaired) electrons. The lowest BCUT2D eigenvalue weighted by Crippen LogP contribution is -1.90. The van der Waals surface area contributed by atoms with Crippen LogP contribution in [0.4, 0.5) is 8.78 Å². The predicted octanol–water partition coefficient (Wildman–Crippen LogP) is 3.51. The topological polar surface area (TPSA) is 33.0 Å². The first-order valence-electron chi connectivity index (χ1n) is 5.18. The summed E-state index contributed by atoms with van der Waals surface area (Å²) >= 11 is 0. The van der Waals surface area contributed by atoms with Crippen molar-refractivity contribution >= 4 is 0 Å². The molecule has 0 aliphatic heterocycles. The van der Waals surface area contributed by atoms with Crippen molar-refractivity contribution in [2.75, 3.05) is 7.11 Å². The Balaban J connectivity index is 2.55. The number of ether oxygens (including phenoxy) is 1. The van der Waals surface area contributed by atoms with Gasteiger partial charge < -0.3 is 4.74 Å². The van der Waals surface area contributed by atoms with Crippen molar-refractivity contribution in [3.8, 4) is 22.9 Å². The molecule has 0 N–H and O–H groups in total. The summed E-state index contributed by atoms with van der Waals surface area (Å²) in [6.45, 7) is 0. The van der Waals surface area contributed by atoms with E-state index in [4.69, 9.17) is 10.00 Å². The van der Waals surface area contributed by atoms with E-state index >= 15 is 0 Å². The smallest absolute Gasteiger partial charge is 0.134 e. The van der Waals surface area contributed by atoms with Crippen LogP contribution in [0, 0.1) is 23.0 Å². The van der Waals surface area contributed by atoms with Crippen molar-refractivity contribution in [3.05, 3.63) is 53.6 Å². The van der Waals surface area contributed by atoms with Crippen LogP contribution in [0.2, 0.25) is 0 Å². The van der Waals surface area contributed by atoms with Crippen LogP contribution in [-0.2, 0) is 0 Å². The van der Waals surface area contributed by atoms with Crippen LogP contribution in [0.5, 0.6) is 5.75 Å². The van der Waals surface area contributed by atoms with Crippen molar-refractivity contribution in [2.24, 2.45) is 0 Å². The maximum absolute atomic E-state index is 13.8. The lowest BCUT2D eigenvalue weighted by atomic mass is 10.0. The average Bonchev–Trinajstić information content (AvgIpc) is 2.37. The van der Waals surface area contributed by atoms with Gasteiger partial charge in [-0.3, -0.25) is 0 Å². The number of nitriles is 1. The molecule has 0 bridgehead atoms. The summed E-state index contributed by atoms with van der Waals surface area (Å²) in [4.78, 5) is 0. The van der Waals surface area contributed by atoms with Gasteiger partial charge in [-0.05, 0) is 35.9 Å². The van der Waals surface area contributed by atoms with E-state index < -0.39 is 11.6 Å². The molecule has 0 saturated heterocycles. The van der Waals surface area contributed by atoms with Gasteiger partial charge in [0.05, 0.1) is 18.7 Å². The van der Waals surface area contributed by atoms with Gasteiger partial charge in [-0.25, -0.2) is 8.78 Å². The van der Waals surface area contributed by atoms with Crippen LogP contribution in [0.1, 0.15) is 5.56 Å². The molecule has 0 atom stereocenters. The third-order valence-corrected chi connectivity index (χ3v) is 2.51. The van der Waals surface area contributed by atoms with E-state index in [1.165, 1.54) is 31.4 Å². The molecular weight excluding hydrogens is 236 g/mol. The van der Waals surface area contributed by atoms with Crippen molar-refractivity contribution < 1.29 is 13.5 Å². The van der Waals surface area contributed by atoms with Gasteiger partial charge in [0, 0.05) is 11.6 Å². The fraction of sp³-hybridized carbons (Fsp3) is 0.0714. The molecule has 4 heteroatoms. The van der Waals surface area contributed by atoms with Crippen molar-refractivity contribution in [1.29, 1.82) is 5.26 Å². The van der Waals surface area contributed by atoms with Crippen LogP contribution >= 0.6 is 0 Å². The molecular formula is C14H9F2NO. The predicted molar refractivity (Wildman–Crippen MR) is 63.1 cm³/mol. The number of rotatable bonds is 2. The standard InChI is InChI=1S/C14H9F2NO/c1-18-12-2-3-13(14(16)7-12)10-4-9(8-17)5-11(15)6-10/h2-7H,1H3. The quantitative estimate of drug-likeness (QED) is 0.811. The Kier molecular flexibility index (Phi) is 3.24. The summed E-state index contributed by atoms with van der Waals surface area (Å²) in [5.74, 6) is -0.712. The van der Waals surface area contributed by atoms with Gasteiger partial charge in [0.1, 0.15) is 17.4 Å². The highest BCUT2D eigenvalue weighted by atomic mass is 19.1. The van der Waals surface area contributed by atoms with Crippen molar-refractivity contribution in [1.82, 2.24) is 0 Å². The van der Waals surface area contributed by atoms with Crippen LogP contribution in [0.3, 0.4) is 0 Å². The minimum atomic E-state index is -0.570. The minimum absolute atomic E-state index is 0.153. The zero-order valence-electron chi connectivity index (χ0n) is 9.58. The van der Waals surface area contributed by atoms with Gasteiger partial charge in [-0.1, -0.05) is 0 Å². The molecule has 0 aliphatic rings. The van der Waals surface area contributed by atoms with Crippen LogP contribution < -0.4 is 4.74 Å². The summed E-state index contributed by atoms with van der Waals surface area (Å²) < 4.78 is 32.0. The summed E-state index contributed by atoms with van der Waals surface area (Å²) in [7, 11) is 1.43. The molecule has 0 aromatic heterocycles. The second-order valence-corrected chi connectivity index (χ2v) is 3.69. The molecule has 0 fully saturated rings. The van der Waals surface area contributed by atoms with Crippen molar-refractivity contribution in [2.45, 2.75) is 0 Å². The van der Waals surface area contributed by atoms with Gasteiger partial charge in [0.15, 0.2) is 0 Å². The molecule has 90 valence electrons. The third kappa shape index (κ3) is 2.30. The van der Waals surface area contributed by atoms with E-state index in [2.05, 4.69) is 0 Å². The first-order chi connectivity index (χ1) is 8.63. The molecule has 0 heterocycles. The molecule has 0 amide bonds. The first-order valence-corrected chi connectivity index (χ1v) is 5.18. The van der Waals surface area contributed by atoms with E-state index in [0.29, 0.717) is 11.3 Å². The van der Waals surface area contributed by atoms with Gasteiger partial charge in [0.2, 0.25) is 0 Å². The highest BCUT2D eigenvalue weighted by Crippen LogP contribution is 2.27. The number of hydrogen-bond acceptors (Lipinski definition) is 2. The molecule has 0 spiro atoms. The normalized spacial score (nSPS) is 9.89. The van der Waals surface area contributed by atoms with Gasteiger partial charge in [0.25, 0.3) is 0 Å². The SMILES string of the molecule is COc1ccc(-c2cc(F)cc(C#N)c2)c(F)c1. The second-order valence-electron chi connectivity index (χ2n) is 3.69. The van der Waals surface area contributed by atoms with Gasteiger partial charge in [-0.2, -0.15) is 5.26 Å². The number of hydrogen-bond donors (Lipinski definition) is 0. The molecule has 2 rings (SSSR count). The summed E-state index contributed by atoms with van der Waals surface area (Å²) in [6.07, 6.45) is 0. The molecule has 2 aromatic rings. The highest BCUT2D eigenvalue weighted by molar-refractivity contribution is 5.66. The van der Waals surface area contributed by atoms with Crippen LogP contribution in [0.15, 0.2) is 36.4 Å². The Morgan fingerprint density at radius 3 is 2.50 bits per heavy atom. The highest BCUT2D eigenvalue weighted by Gasteiger charge is 2.09. The van der Waals surface area contributed by atoms with E-state index in [0.717, 1.165) is 6.07 Å². The van der Waals surface area contributed by atoms with Gasteiger partial charge >= 0.3 is 0 Å². The minimum Gasteiger partial charge on any atom is -0.497 e. The number of methoxy groups -OCH3 is 1. The lowest BCUT2D eigenvalue weighted by Gasteiger charge is -2.06. The van der Waals surface area contributed by atoms with E-state index in [1.807, 2.05) is 6.07 Å². The zero-order valence-corrected chi connectivity index (χ0v) is 9.58. The van der Waals surface area contributed by atoms with E-state index in [-0.39, 0.29) is 11.1 Å². The monoisotopic (exact) mass is 245 g/mol. The molecule has 2 nitrogen and oxygen atoms in total. The Hall–Kier alpha value is -2.41. The zero-order chi connectivity index (χ0) is 13.1. The fourth-order valence-electron chi connectivity index (χ4n) is 1.67. The molecule has 0 aliphatic carbocycles. The van der Waals surface area contributed by atoms with E-state index in [9.17, 15) is 8.78 Å². The average molecular weight is 245 g/mol. The Morgan fingerprint density at radius 2 is 1.89 bits per heavy atom. The second kappa shape index (κ2) is 4.84. The summed E-state index contributed by atoms with van der Waals surface area (Å²) in [5.41, 5.74) is 0.707. The van der Waals surface area contributed by atoms with Crippen LogP contribution in [-0.4, -0.2) is 7.11 Å². The number of benzene rings is 2. The van der Waals surface area contributed by atoms with Crippen molar-refractivity contribution in [3.63, 3.8) is 0 Å².